The Hall–Kier alpha value is -0.650. The highest BCUT2D eigenvalue weighted by Crippen LogP contribution is 2.25. The van der Waals surface area contributed by atoms with Gasteiger partial charge in [0.15, 0.2) is 0 Å². The van der Waals surface area contributed by atoms with Crippen LogP contribution in [0.1, 0.15) is 12.8 Å². The highest BCUT2D eigenvalue weighted by Gasteiger charge is 2.31. The summed E-state index contributed by atoms with van der Waals surface area (Å²) in [6, 6.07) is 0. The number of piperazine rings is 1. The van der Waals surface area contributed by atoms with E-state index in [-0.39, 0.29) is 11.8 Å². The predicted molar refractivity (Wildman–Crippen MR) is 68.6 cm³/mol. The largest absolute Gasteiger partial charge is 0.481 e. The van der Waals surface area contributed by atoms with Gasteiger partial charge in [0.2, 0.25) is 0 Å². The van der Waals surface area contributed by atoms with Crippen LogP contribution in [0.3, 0.4) is 0 Å². The van der Waals surface area contributed by atoms with Crippen molar-refractivity contribution in [2.45, 2.75) is 12.8 Å². The molecule has 0 spiro atoms. The first-order valence-electron chi connectivity index (χ1n) is 6.88. The lowest BCUT2D eigenvalue weighted by molar-refractivity contribution is -0.146. The van der Waals surface area contributed by atoms with Crippen LogP contribution in [0, 0.1) is 11.8 Å². The molecule has 0 aromatic rings. The van der Waals surface area contributed by atoms with Crippen LogP contribution in [0.15, 0.2) is 0 Å². The Bertz CT molecular complexity index is 271. The van der Waals surface area contributed by atoms with Gasteiger partial charge in [-0.15, -0.1) is 0 Å². The lowest BCUT2D eigenvalue weighted by Crippen LogP contribution is -2.48. The van der Waals surface area contributed by atoms with Crippen LogP contribution in [0.2, 0.25) is 0 Å². The van der Waals surface area contributed by atoms with Crippen LogP contribution in [-0.4, -0.2) is 73.9 Å². The molecule has 0 amide bonds. The zero-order valence-electron chi connectivity index (χ0n) is 11.2. The van der Waals surface area contributed by atoms with Crippen LogP contribution in [0.4, 0.5) is 0 Å². The second-order valence-electron chi connectivity index (χ2n) is 5.50. The summed E-state index contributed by atoms with van der Waals surface area (Å²) in [6.07, 6.45) is 1.79. The van der Waals surface area contributed by atoms with Crippen LogP contribution in [-0.2, 0) is 9.53 Å². The summed E-state index contributed by atoms with van der Waals surface area (Å²) >= 11 is 0. The molecule has 2 saturated heterocycles. The maximum absolute atomic E-state index is 11.5. The van der Waals surface area contributed by atoms with E-state index >= 15 is 0 Å². The number of nitrogens with zero attached hydrogens (tertiary/aromatic N) is 2. The minimum absolute atomic E-state index is 0.225. The topological polar surface area (TPSA) is 53.0 Å². The average Bonchev–Trinajstić information content (AvgIpc) is 2.38. The smallest absolute Gasteiger partial charge is 0.308 e. The maximum Gasteiger partial charge on any atom is 0.308 e. The van der Waals surface area contributed by atoms with Gasteiger partial charge in [0.05, 0.1) is 5.92 Å². The van der Waals surface area contributed by atoms with E-state index in [0.717, 1.165) is 52.2 Å². The lowest BCUT2D eigenvalue weighted by atomic mass is 9.85. The van der Waals surface area contributed by atoms with Gasteiger partial charge >= 0.3 is 5.97 Å². The van der Waals surface area contributed by atoms with Crippen molar-refractivity contribution in [2.24, 2.45) is 11.8 Å². The first kappa shape index (κ1) is 13.8. The Morgan fingerprint density at radius 2 is 1.89 bits per heavy atom. The first-order chi connectivity index (χ1) is 8.66. The summed E-state index contributed by atoms with van der Waals surface area (Å²) in [4.78, 5) is 16.1. The van der Waals surface area contributed by atoms with Crippen LogP contribution < -0.4 is 0 Å². The average molecular weight is 256 g/mol. The van der Waals surface area contributed by atoms with Crippen molar-refractivity contribution in [3.63, 3.8) is 0 Å². The van der Waals surface area contributed by atoms with Gasteiger partial charge in [0.25, 0.3) is 0 Å². The molecule has 1 N–H and O–H groups in total. The molecular formula is C13H24N2O3. The Morgan fingerprint density at radius 1 is 1.28 bits per heavy atom. The fraction of sp³-hybridized carbons (Fsp3) is 0.923. The molecule has 1 unspecified atom stereocenters. The van der Waals surface area contributed by atoms with Gasteiger partial charge in [-0.3, -0.25) is 9.69 Å². The first-order valence-corrected chi connectivity index (χ1v) is 6.88. The highest BCUT2D eigenvalue weighted by atomic mass is 16.5. The molecule has 5 nitrogen and oxygen atoms in total. The number of carboxylic acid groups (broad SMARTS) is 1. The monoisotopic (exact) mass is 256 g/mol. The Balaban J connectivity index is 1.87. The molecule has 0 saturated carbocycles. The third kappa shape index (κ3) is 3.67. The molecular weight excluding hydrogens is 232 g/mol. The Kier molecular flexibility index (Phi) is 4.97. The minimum Gasteiger partial charge on any atom is -0.481 e. The molecule has 2 aliphatic rings. The zero-order chi connectivity index (χ0) is 13.0. The number of hydrogen-bond acceptors (Lipinski definition) is 4. The van der Waals surface area contributed by atoms with E-state index in [1.807, 2.05) is 0 Å². The summed E-state index contributed by atoms with van der Waals surface area (Å²) in [5.41, 5.74) is 0. The fourth-order valence-electron chi connectivity index (χ4n) is 2.86. The highest BCUT2D eigenvalue weighted by molar-refractivity contribution is 5.70. The van der Waals surface area contributed by atoms with Gasteiger partial charge in [0, 0.05) is 45.9 Å². The van der Waals surface area contributed by atoms with Crippen molar-refractivity contribution in [3.8, 4) is 0 Å². The molecule has 2 rings (SSSR count). The molecule has 2 fully saturated rings. The Labute approximate surface area is 109 Å². The van der Waals surface area contributed by atoms with Crippen molar-refractivity contribution in [2.75, 3.05) is 53.0 Å². The zero-order valence-corrected chi connectivity index (χ0v) is 11.2. The van der Waals surface area contributed by atoms with Crippen molar-refractivity contribution < 1.29 is 14.6 Å². The number of hydrogen-bond donors (Lipinski definition) is 1. The van der Waals surface area contributed by atoms with Crippen molar-refractivity contribution >= 4 is 5.97 Å². The van der Waals surface area contributed by atoms with Gasteiger partial charge in [-0.2, -0.15) is 0 Å². The van der Waals surface area contributed by atoms with Crippen LogP contribution in [0.25, 0.3) is 0 Å². The summed E-state index contributed by atoms with van der Waals surface area (Å²) < 4.78 is 5.32. The van der Waals surface area contributed by atoms with E-state index in [1.165, 1.54) is 0 Å². The molecule has 0 aliphatic carbocycles. The third-order valence-electron chi connectivity index (χ3n) is 4.20. The van der Waals surface area contributed by atoms with Gasteiger partial charge in [-0.1, -0.05) is 0 Å². The molecule has 104 valence electrons. The number of rotatable bonds is 4. The molecule has 2 aliphatic heterocycles. The summed E-state index contributed by atoms with van der Waals surface area (Å²) in [7, 11) is 2.12. The molecule has 5 heteroatoms. The van der Waals surface area contributed by atoms with Gasteiger partial charge in [-0.05, 0) is 25.8 Å². The van der Waals surface area contributed by atoms with E-state index in [4.69, 9.17) is 4.74 Å². The second-order valence-corrected chi connectivity index (χ2v) is 5.50. The summed E-state index contributed by atoms with van der Waals surface area (Å²) in [6.45, 7) is 6.20. The molecule has 18 heavy (non-hydrogen) atoms. The quantitative estimate of drug-likeness (QED) is 0.787. The standard InChI is InChI=1S/C13H24N2O3/c1-14-4-6-15(7-5-14)10-12(13(16)17)11-2-8-18-9-3-11/h11-12H,2-10H2,1H3,(H,16,17). The van der Waals surface area contributed by atoms with E-state index < -0.39 is 5.97 Å². The van der Waals surface area contributed by atoms with Crippen molar-refractivity contribution in [1.29, 1.82) is 0 Å². The number of likely N-dealkylation sites (N-methyl/N-ethyl adjacent to an activating group) is 1. The Morgan fingerprint density at radius 3 is 2.44 bits per heavy atom. The van der Waals surface area contributed by atoms with E-state index in [1.54, 1.807) is 0 Å². The van der Waals surface area contributed by atoms with Gasteiger partial charge in [0.1, 0.15) is 0 Å². The number of aliphatic carboxylic acids is 1. The minimum atomic E-state index is -0.638. The number of carbonyl (C=O) groups is 1. The van der Waals surface area contributed by atoms with Crippen LogP contribution >= 0.6 is 0 Å². The SMILES string of the molecule is CN1CCN(CC(C(=O)O)C2CCOCC2)CC1. The molecule has 1 atom stereocenters. The van der Waals surface area contributed by atoms with Crippen molar-refractivity contribution in [3.05, 3.63) is 0 Å². The lowest BCUT2D eigenvalue weighted by Gasteiger charge is -2.36. The van der Waals surface area contributed by atoms with Crippen molar-refractivity contribution in [1.82, 2.24) is 9.80 Å². The summed E-state index contributed by atoms with van der Waals surface area (Å²) in [5.74, 6) is -0.575. The van der Waals surface area contributed by atoms with E-state index in [9.17, 15) is 9.90 Å². The molecule has 0 aromatic heterocycles. The van der Waals surface area contributed by atoms with Gasteiger partial charge in [-0.25, -0.2) is 0 Å². The van der Waals surface area contributed by atoms with Crippen LogP contribution in [0.5, 0.6) is 0 Å². The fourth-order valence-corrected chi connectivity index (χ4v) is 2.86. The van der Waals surface area contributed by atoms with Gasteiger partial charge < -0.3 is 14.7 Å². The number of carboxylic acids is 1. The maximum atomic E-state index is 11.5. The molecule has 0 aromatic carbocycles. The molecule has 2 heterocycles. The van der Waals surface area contributed by atoms with E-state index in [2.05, 4.69) is 16.8 Å². The number of ether oxygens (including phenoxy) is 1. The predicted octanol–water partition coefficient (Wildman–Crippen LogP) is 0.361. The normalized spacial score (nSPS) is 26.1. The second kappa shape index (κ2) is 6.50. The summed E-state index contributed by atoms with van der Waals surface area (Å²) in [5, 5.41) is 9.43. The van der Waals surface area contributed by atoms with E-state index in [0.29, 0.717) is 6.54 Å². The molecule has 0 bridgehead atoms. The third-order valence-corrected chi connectivity index (χ3v) is 4.20. The molecule has 0 radical (unpaired) electrons.